The van der Waals surface area contributed by atoms with Crippen LogP contribution >= 0.6 is 11.3 Å². The number of nitrogens with one attached hydrogen (secondary N) is 1. The smallest absolute Gasteiger partial charge is 0.341 e. The Hall–Kier alpha value is -3.58. The van der Waals surface area contributed by atoms with Crippen LogP contribution in [0.1, 0.15) is 47.8 Å². The van der Waals surface area contributed by atoms with E-state index in [2.05, 4.69) is 5.32 Å². The molecule has 184 valence electrons. The van der Waals surface area contributed by atoms with E-state index in [1.54, 1.807) is 13.0 Å². The Labute approximate surface area is 210 Å². The Morgan fingerprint density at radius 2 is 1.66 bits per heavy atom. The molecule has 6 nitrogen and oxygen atoms in total. The van der Waals surface area contributed by atoms with Gasteiger partial charge in [0.25, 0.3) is 0 Å². The summed E-state index contributed by atoms with van der Waals surface area (Å²) in [7, 11) is 0. The molecule has 7 heteroatoms. The third-order valence-corrected chi connectivity index (χ3v) is 6.22. The maximum absolute atomic E-state index is 12.8. The Balaban J connectivity index is 1.85. The fourth-order valence-electron chi connectivity index (χ4n) is 3.47. The maximum atomic E-state index is 12.8. The number of aryl methyl sites for hydroxylation is 2. The minimum absolute atomic E-state index is 0.244. The number of amides is 1. The minimum atomic E-state index is -0.464. The first-order chi connectivity index (χ1) is 16.9. The molecule has 1 aromatic heterocycles. The maximum Gasteiger partial charge on any atom is 0.341 e. The lowest BCUT2D eigenvalue weighted by molar-refractivity contribution is -0.111. The van der Waals surface area contributed by atoms with E-state index < -0.39 is 5.97 Å². The molecule has 0 saturated carbocycles. The molecule has 0 bridgehead atoms. The van der Waals surface area contributed by atoms with Gasteiger partial charge in [-0.1, -0.05) is 24.3 Å². The van der Waals surface area contributed by atoms with Gasteiger partial charge in [-0.15, -0.1) is 11.3 Å². The number of carbonyl (C=O) groups excluding carboxylic acids is 2. The number of hydrogen-bond acceptors (Lipinski definition) is 6. The lowest BCUT2D eigenvalue weighted by atomic mass is 9.99. The molecule has 35 heavy (non-hydrogen) atoms. The third kappa shape index (κ3) is 6.51. The summed E-state index contributed by atoms with van der Waals surface area (Å²) < 4.78 is 16.5. The number of rotatable bonds is 10. The summed E-state index contributed by atoms with van der Waals surface area (Å²) in [6.07, 6.45) is 3.12. The largest absolute Gasteiger partial charge is 0.490 e. The topological polar surface area (TPSA) is 73.9 Å². The predicted molar refractivity (Wildman–Crippen MR) is 142 cm³/mol. The number of ether oxygens (including phenoxy) is 3. The van der Waals surface area contributed by atoms with E-state index in [-0.39, 0.29) is 12.5 Å². The van der Waals surface area contributed by atoms with E-state index >= 15 is 0 Å². The van der Waals surface area contributed by atoms with Crippen LogP contribution in [0.2, 0.25) is 0 Å². The molecule has 0 aliphatic rings. The lowest BCUT2D eigenvalue weighted by Crippen LogP contribution is -2.12. The molecule has 0 spiro atoms. The summed E-state index contributed by atoms with van der Waals surface area (Å²) in [5, 5.41) is 5.17. The highest BCUT2D eigenvalue weighted by atomic mass is 32.1. The Morgan fingerprint density at radius 3 is 2.34 bits per heavy atom. The van der Waals surface area contributed by atoms with Crippen LogP contribution in [-0.4, -0.2) is 31.7 Å². The van der Waals surface area contributed by atoms with Crippen LogP contribution in [-0.2, 0) is 9.53 Å². The van der Waals surface area contributed by atoms with Crippen LogP contribution in [0.15, 0.2) is 47.9 Å². The van der Waals surface area contributed by atoms with Crippen LogP contribution in [0.3, 0.4) is 0 Å². The monoisotopic (exact) mass is 493 g/mol. The first-order valence-electron chi connectivity index (χ1n) is 11.6. The molecule has 1 heterocycles. The number of benzene rings is 2. The molecule has 0 radical (unpaired) electrons. The van der Waals surface area contributed by atoms with Crippen LogP contribution in [0.25, 0.3) is 17.2 Å². The number of esters is 1. The summed E-state index contributed by atoms with van der Waals surface area (Å²) in [4.78, 5) is 25.6. The molecule has 0 fully saturated rings. The number of carbonyl (C=O) groups is 2. The lowest BCUT2D eigenvalue weighted by Gasteiger charge is -2.11. The Bertz CT molecular complexity index is 1230. The van der Waals surface area contributed by atoms with Crippen molar-refractivity contribution >= 4 is 34.3 Å². The van der Waals surface area contributed by atoms with Gasteiger partial charge < -0.3 is 19.5 Å². The predicted octanol–water partition coefficient (Wildman–Crippen LogP) is 6.66. The standard InChI is InChI=1S/C28H31NO5S/c1-6-32-23-13-10-20(16-24(23)33-7-2)11-14-25(30)29-27-26(28(31)34-8-3)22(17-35-27)21-12-9-18(4)19(5)15-21/h9-17H,6-8H2,1-5H3,(H,29,30)/b14-11+. The van der Waals surface area contributed by atoms with Crippen molar-refractivity contribution in [1.29, 1.82) is 0 Å². The van der Waals surface area contributed by atoms with E-state index in [0.29, 0.717) is 35.3 Å². The van der Waals surface area contributed by atoms with Crippen molar-refractivity contribution in [3.8, 4) is 22.6 Å². The second-order valence-electron chi connectivity index (χ2n) is 7.77. The van der Waals surface area contributed by atoms with E-state index in [1.165, 1.54) is 23.0 Å². The summed E-state index contributed by atoms with van der Waals surface area (Å²) in [6, 6.07) is 11.5. The molecule has 0 saturated heterocycles. The average molecular weight is 494 g/mol. The summed E-state index contributed by atoms with van der Waals surface area (Å²) in [5.41, 5.74) is 5.09. The molecule has 0 unspecified atom stereocenters. The van der Waals surface area contributed by atoms with Crippen LogP contribution < -0.4 is 14.8 Å². The van der Waals surface area contributed by atoms with E-state index in [0.717, 1.165) is 22.3 Å². The molecular weight excluding hydrogens is 462 g/mol. The molecule has 0 atom stereocenters. The SMILES string of the molecule is CCOC(=O)c1c(-c2ccc(C)c(C)c2)csc1NC(=O)/C=C/c1ccc(OCC)c(OCC)c1. The number of hydrogen-bond donors (Lipinski definition) is 1. The minimum Gasteiger partial charge on any atom is -0.490 e. The van der Waals surface area contributed by atoms with Crippen LogP contribution in [0.4, 0.5) is 5.00 Å². The van der Waals surface area contributed by atoms with Crippen molar-refractivity contribution in [2.24, 2.45) is 0 Å². The highest BCUT2D eigenvalue weighted by Crippen LogP contribution is 2.37. The number of thiophene rings is 1. The molecule has 3 aromatic rings. The van der Waals surface area contributed by atoms with Crippen molar-refractivity contribution in [2.45, 2.75) is 34.6 Å². The van der Waals surface area contributed by atoms with Crippen molar-refractivity contribution in [2.75, 3.05) is 25.1 Å². The normalized spacial score (nSPS) is 10.9. The summed E-state index contributed by atoms with van der Waals surface area (Å²) in [6.45, 7) is 10.9. The zero-order chi connectivity index (χ0) is 25.4. The number of anilines is 1. The van der Waals surface area contributed by atoms with Crippen molar-refractivity contribution in [1.82, 2.24) is 0 Å². The molecule has 1 amide bonds. The van der Waals surface area contributed by atoms with Crippen LogP contribution in [0.5, 0.6) is 11.5 Å². The Morgan fingerprint density at radius 1 is 0.914 bits per heavy atom. The first-order valence-corrected chi connectivity index (χ1v) is 12.5. The molecule has 2 aromatic carbocycles. The van der Waals surface area contributed by atoms with Gasteiger partial charge in [0.2, 0.25) is 5.91 Å². The van der Waals surface area contributed by atoms with Crippen molar-refractivity contribution in [3.63, 3.8) is 0 Å². The fraction of sp³-hybridized carbons (Fsp3) is 0.286. The van der Waals surface area contributed by atoms with Gasteiger partial charge in [-0.2, -0.15) is 0 Å². The van der Waals surface area contributed by atoms with E-state index in [1.807, 2.05) is 69.5 Å². The summed E-state index contributed by atoms with van der Waals surface area (Å²) >= 11 is 1.30. The van der Waals surface area contributed by atoms with Crippen molar-refractivity contribution in [3.05, 3.63) is 70.1 Å². The Kier molecular flexibility index (Phi) is 9.09. The highest BCUT2D eigenvalue weighted by molar-refractivity contribution is 7.15. The molecule has 0 aliphatic heterocycles. The highest BCUT2D eigenvalue weighted by Gasteiger charge is 2.22. The molecule has 1 N–H and O–H groups in total. The van der Waals surface area contributed by atoms with Gasteiger partial charge in [0.15, 0.2) is 11.5 Å². The average Bonchev–Trinajstić information content (AvgIpc) is 3.25. The van der Waals surface area contributed by atoms with E-state index in [4.69, 9.17) is 14.2 Å². The first kappa shape index (κ1) is 26.0. The van der Waals surface area contributed by atoms with Gasteiger partial charge >= 0.3 is 5.97 Å². The molecule has 3 rings (SSSR count). The molecular formula is C28H31NO5S. The van der Waals surface area contributed by atoms with Gasteiger partial charge in [0, 0.05) is 17.0 Å². The van der Waals surface area contributed by atoms with Crippen LogP contribution in [0, 0.1) is 13.8 Å². The fourth-order valence-corrected chi connectivity index (χ4v) is 4.43. The quantitative estimate of drug-likeness (QED) is 0.253. The van der Waals surface area contributed by atoms with Gasteiger partial charge in [-0.05, 0) is 75.1 Å². The third-order valence-electron chi connectivity index (χ3n) is 5.32. The zero-order valence-corrected chi connectivity index (χ0v) is 21.6. The van der Waals surface area contributed by atoms with Crippen molar-refractivity contribution < 1.29 is 23.8 Å². The van der Waals surface area contributed by atoms with Gasteiger partial charge in [-0.3, -0.25) is 4.79 Å². The zero-order valence-electron chi connectivity index (χ0n) is 20.8. The second kappa shape index (κ2) is 12.2. The molecule has 0 aliphatic carbocycles. The van der Waals surface area contributed by atoms with Gasteiger partial charge in [-0.25, -0.2) is 4.79 Å². The van der Waals surface area contributed by atoms with Gasteiger partial charge in [0.1, 0.15) is 10.6 Å². The van der Waals surface area contributed by atoms with Gasteiger partial charge in [0.05, 0.1) is 19.8 Å². The second-order valence-corrected chi connectivity index (χ2v) is 8.65. The summed E-state index contributed by atoms with van der Waals surface area (Å²) in [5.74, 6) is 0.468. The van der Waals surface area contributed by atoms with E-state index in [9.17, 15) is 9.59 Å².